The minimum atomic E-state index is -0.517. The highest BCUT2D eigenvalue weighted by atomic mass is 16.5. The standard InChI is InChI=1S/C13H19N5O2/c1-2-3-6-10-12(15-8-11(19)17-20)16-13-9(14)5-4-7-18(10)13/h4-5,7,15,20H,2-3,6,8,14H2,1H3,(H,17,19). The number of aryl methyl sites for hydroxylation is 1. The van der Waals surface area contributed by atoms with E-state index in [1.807, 2.05) is 16.7 Å². The number of rotatable bonds is 6. The lowest BCUT2D eigenvalue weighted by molar-refractivity contribution is -0.127. The van der Waals surface area contributed by atoms with E-state index in [9.17, 15) is 4.79 Å². The molecule has 0 atom stereocenters. The van der Waals surface area contributed by atoms with Crippen LogP contribution in [-0.4, -0.2) is 27.0 Å². The zero-order valence-electron chi connectivity index (χ0n) is 11.4. The van der Waals surface area contributed by atoms with Crippen LogP contribution in [0.25, 0.3) is 5.65 Å². The number of imidazole rings is 1. The van der Waals surface area contributed by atoms with Gasteiger partial charge in [-0.15, -0.1) is 0 Å². The van der Waals surface area contributed by atoms with Crippen LogP contribution in [0.2, 0.25) is 0 Å². The van der Waals surface area contributed by atoms with Crippen molar-refractivity contribution in [3.63, 3.8) is 0 Å². The number of carbonyl (C=O) groups excluding carboxylic acids is 1. The van der Waals surface area contributed by atoms with Gasteiger partial charge in [-0.3, -0.25) is 10.0 Å². The first-order valence-electron chi connectivity index (χ1n) is 6.59. The second-order valence-electron chi connectivity index (χ2n) is 4.56. The fourth-order valence-electron chi connectivity index (χ4n) is 2.07. The molecule has 20 heavy (non-hydrogen) atoms. The first-order valence-corrected chi connectivity index (χ1v) is 6.59. The van der Waals surface area contributed by atoms with Gasteiger partial charge in [-0.2, -0.15) is 0 Å². The number of nitrogen functional groups attached to an aromatic ring is 1. The molecule has 0 aliphatic heterocycles. The normalized spacial score (nSPS) is 10.7. The van der Waals surface area contributed by atoms with Crippen LogP contribution in [0.5, 0.6) is 0 Å². The minimum Gasteiger partial charge on any atom is -0.396 e. The van der Waals surface area contributed by atoms with Gasteiger partial charge in [0.15, 0.2) is 5.65 Å². The topological polar surface area (TPSA) is 105 Å². The number of carbonyl (C=O) groups is 1. The molecule has 0 aromatic carbocycles. The number of hydrogen-bond donors (Lipinski definition) is 4. The maximum Gasteiger partial charge on any atom is 0.262 e. The Morgan fingerprint density at radius 3 is 3.05 bits per heavy atom. The smallest absolute Gasteiger partial charge is 0.262 e. The van der Waals surface area contributed by atoms with Crippen molar-refractivity contribution in [2.75, 3.05) is 17.6 Å². The molecule has 2 aromatic heterocycles. The Hall–Kier alpha value is -2.28. The van der Waals surface area contributed by atoms with Gasteiger partial charge in [-0.05, 0) is 25.0 Å². The number of pyridine rings is 1. The average Bonchev–Trinajstić information content (AvgIpc) is 2.81. The number of aromatic nitrogens is 2. The van der Waals surface area contributed by atoms with Crippen molar-refractivity contribution in [1.29, 1.82) is 0 Å². The molecule has 7 nitrogen and oxygen atoms in total. The third-order valence-corrected chi connectivity index (χ3v) is 3.09. The number of anilines is 2. The molecule has 2 heterocycles. The highest BCUT2D eigenvalue weighted by Crippen LogP contribution is 2.23. The van der Waals surface area contributed by atoms with E-state index in [1.54, 1.807) is 11.5 Å². The molecule has 0 radical (unpaired) electrons. The van der Waals surface area contributed by atoms with Gasteiger partial charge in [-0.25, -0.2) is 10.5 Å². The number of nitrogens with one attached hydrogen (secondary N) is 2. The summed E-state index contributed by atoms with van der Waals surface area (Å²) in [5.41, 5.74) is 9.75. The van der Waals surface area contributed by atoms with Gasteiger partial charge in [0, 0.05) is 6.20 Å². The summed E-state index contributed by atoms with van der Waals surface area (Å²) in [5.74, 6) is 0.108. The van der Waals surface area contributed by atoms with E-state index in [0.29, 0.717) is 17.2 Å². The molecule has 0 bridgehead atoms. The van der Waals surface area contributed by atoms with Crippen LogP contribution < -0.4 is 16.5 Å². The fourth-order valence-corrected chi connectivity index (χ4v) is 2.07. The Bertz CT molecular complexity index is 608. The predicted octanol–water partition coefficient (Wildman–Crippen LogP) is 1.18. The Balaban J connectivity index is 2.35. The third kappa shape index (κ3) is 2.83. The Morgan fingerprint density at radius 1 is 1.55 bits per heavy atom. The first-order chi connectivity index (χ1) is 9.67. The van der Waals surface area contributed by atoms with Crippen LogP contribution in [-0.2, 0) is 11.2 Å². The zero-order valence-corrected chi connectivity index (χ0v) is 11.4. The molecule has 0 spiro atoms. The quantitative estimate of drug-likeness (QED) is 0.469. The van der Waals surface area contributed by atoms with E-state index in [4.69, 9.17) is 10.9 Å². The molecule has 0 saturated carbocycles. The molecule has 0 aliphatic rings. The van der Waals surface area contributed by atoms with Gasteiger partial charge in [0.1, 0.15) is 5.82 Å². The molecule has 2 aromatic rings. The van der Waals surface area contributed by atoms with Crippen molar-refractivity contribution >= 4 is 23.1 Å². The number of nitrogens with zero attached hydrogens (tertiary/aromatic N) is 2. The molecule has 7 heteroatoms. The summed E-state index contributed by atoms with van der Waals surface area (Å²) < 4.78 is 1.93. The fraction of sp³-hybridized carbons (Fsp3) is 0.385. The summed E-state index contributed by atoms with van der Waals surface area (Å²) in [5, 5.41) is 11.5. The van der Waals surface area contributed by atoms with Crippen molar-refractivity contribution in [2.45, 2.75) is 26.2 Å². The Labute approximate surface area is 116 Å². The average molecular weight is 277 g/mol. The second kappa shape index (κ2) is 6.25. The van der Waals surface area contributed by atoms with Gasteiger partial charge in [0.25, 0.3) is 5.91 Å². The number of hydrogen-bond acceptors (Lipinski definition) is 5. The van der Waals surface area contributed by atoms with Gasteiger partial charge >= 0.3 is 0 Å². The van der Waals surface area contributed by atoms with E-state index in [2.05, 4.69) is 17.2 Å². The zero-order chi connectivity index (χ0) is 14.5. The number of hydroxylamine groups is 1. The predicted molar refractivity (Wildman–Crippen MR) is 76.6 cm³/mol. The summed E-state index contributed by atoms with van der Waals surface area (Å²) in [6.45, 7) is 2.07. The Kier molecular flexibility index (Phi) is 4.41. The largest absolute Gasteiger partial charge is 0.396 e. The van der Waals surface area contributed by atoms with Crippen molar-refractivity contribution in [1.82, 2.24) is 14.9 Å². The molecular weight excluding hydrogens is 258 g/mol. The molecular formula is C13H19N5O2. The van der Waals surface area contributed by atoms with Crippen molar-refractivity contribution in [3.05, 3.63) is 24.0 Å². The van der Waals surface area contributed by atoms with Crippen molar-refractivity contribution in [2.24, 2.45) is 0 Å². The van der Waals surface area contributed by atoms with E-state index >= 15 is 0 Å². The first kappa shape index (κ1) is 14.1. The molecule has 0 aliphatic carbocycles. The summed E-state index contributed by atoms with van der Waals surface area (Å²) in [4.78, 5) is 15.5. The number of amides is 1. The minimum absolute atomic E-state index is 0.0423. The van der Waals surface area contributed by atoms with Crippen LogP contribution in [0.3, 0.4) is 0 Å². The molecule has 5 N–H and O–H groups in total. The van der Waals surface area contributed by atoms with Crippen molar-refractivity contribution < 1.29 is 10.0 Å². The maximum atomic E-state index is 11.1. The molecule has 0 saturated heterocycles. The van der Waals surface area contributed by atoms with E-state index < -0.39 is 5.91 Å². The molecule has 0 unspecified atom stereocenters. The number of unbranched alkanes of at least 4 members (excludes halogenated alkanes) is 1. The van der Waals surface area contributed by atoms with E-state index in [-0.39, 0.29) is 6.54 Å². The van der Waals surface area contributed by atoms with Crippen LogP contribution in [0, 0.1) is 0 Å². The molecule has 0 fully saturated rings. The van der Waals surface area contributed by atoms with Crippen LogP contribution in [0.15, 0.2) is 18.3 Å². The van der Waals surface area contributed by atoms with Gasteiger partial charge < -0.3 is 15.5 Å². The number of nitrogens with two attached hydrogens (primary N) is 1. The van der Waals surface area contributed by atoms with Gasteiger partial charge in [0.2, 0.25) is 0 Å². The van der Waals surface area contributed by atoms with Gasteiger partial charge in [-0.1, -0.05) is 13.3 Å². The summed E-state index contributed by atoms with van der Waals surface area (Å²) in [6.07, 6.45) is 4.82. The van der Waals surface area contributed by atoms with Crippen LogP contribution in [0.4, 0.5) is 11.5 Å². The lowest BCUT2D eigenvalue weighted by atomic mass is 10.2. The maximum absolute atomic E-state index is 11.1. The van der Waals surface area contributed by atoms with E-state index in [0.717, 1.165) is 25.0 Å². The third-order valence-electron chi connectivity index (χ3n) is 3.09. The number of fused-ring (bicyclic) bond motifs is 1. The lowest BCUT2D eigenvalue weighted by Gasteiger charge is -2.06. The molecule has 108 valence electrons. The van der Waals surface area contributed by atoms with Crippen LogP contribution >= 0.6 is 0 Å². The highest BCUT2D eigenvalue weighted by Gasteiger charge is 2.13. The van der Waals surface area contributed by atoms with E-state index in [1.165, 1.54) is 0 Å². The van der Waals surface area contributed by atoms with Crippen LogP contribution in [0.1, 0.15) is 25.5 Å². The highest BCUT2D eigenvalue weighted by molar-refractivity contribution is 5.80. The Morgan fingerprint density at radius 2 is 2.35 bits per heavy atom. The SMILES string of the molecule is CCCCc1c(NCC(=O)NO)nc2c(N)cccn12. The lowest BCUT2D eigenvalue weighted by Crippen LogP contribution is -2.27. The summed E-state index contributed by atoms with van der Waals surface area (Å²) in [7, 11) is 0. The summed E-state index contributed by atoms with van der Waals surface area (Å²) >= 11 is 0. The van der Waals surface area contributed by atoms with Crippen molar-refractivity contribution in [3.8, 4) is 0 Å². The monoisotopic (exact) mass is 277 g/mol. The van der Waals surface area contributed by atoms with Gasteiger partial charge in [0.05, 0.1) is 17.9 Å². The molecule has 1 amide bonds. The molecule has 2 rings (SSSR count). The second-order valence-corrected chi connectivity index (χ2v) is 4.56. The summed E-state index contributed by atoms with van der Waals surface area (Å²) in [6, 6.07) is 3.65.